The second kappa shape index (κ2) is 8.01. The summed E-state index contributed by atoms with van der Waals surface area (Å²) >= 11 is 1.91. The van der Waals surface area contributed by atoms with Gasteiger partial charge in [0.1, 0.15) is 5.75 Å². The van der Waals surface area contributed by atoms with Crippen LogP contribution in [0.2, 0.25) is 0 Å². The van der Waals surface area contributed by atoms with Gasteiger partial charge < -0.3 is 4.74 Å². The van der Waals surface area contributed by atoms with Gasteiger partial charge in [0.25, 0.3) is 0 Å². The second-order valence-electron chi connectivity index (χ2n) is 4.86. The first-order valence-electron chi connectivity index (χ1n) is 7.19. The zero-order valence-electron chi connectivity index (χ0n) is 12.3. The SMILES string of the molecule is CCCSc1cc(OCCc2ccccc2)ccc1C. The number of hydrogen-bond acceptors (Lipinski definition) is 2. The van der Waals surface area contributed by atoms with E-state index in [1.165, 1.54) is 22.4 Å². The molecule has 0 amide bonds. The molecule has 0 N–H and O–H groups in total. The molecule has 2 aromatic rings. The van der Waals surface area contributed by atoms with Crippen LogP contribution in [0.25, 0.3) is 0 Å². The molecule has 2 aromatic carbocycles. The van der Waals surface area contributed by atoms with Crippen LogP contribution in [0.4, 0.5) is 0 Å². The molecular weight excluding hydrogens is 264 g/mol. The summed E-state index contributed by atoms with van der Waals surface area (Å²) < 4.78 is 5.87. The lowest BCUT2D eigenvalue weighted by Gasteiger charge is -2.10. The van der Waals surface area contributed by atoms with Crippen molar-refractivity contribution in [3.63, 3.8) is 0 Å². The minimum Gasteiger partial charge on any atom is -0.493 e. The Morgan fingerprint density at radius 3 is 2.60 bits per heavy atom. The monoisotopic (exact) mass is 286 g/mol. The number of rotatable bonds is 7. The molecular formula is C18H22OS. The van der Waals surface area contributed by atoms with Crippen LogP contribution in [0.3, 0.4) is 0 Å². The molecule has 0 atom stereocenters. The lowest BCUT2D eigenvalue weighted by molar-refractivity contribution is 0.321. The lowest BCUT2D eigenvalue weighted by Crippen LogP contribution is -2.01. The fraction of sp³-hybridized carbons (Fsp3) is 0.333. The van der Waals surface area contributed by atoms with E-state index >= 15 is 0 Å². The molecule has 0 saturated heterocycles. The van der Waals surface area contributed by atoms with Gasteiger partial charge in [-0.05, 0) is 42.4 Å². The standard InChI is InChI=1S/C18H22OS/c1-3-13-20-18-14-17(10-9-15(18)2)19-12-11-16-7-5-4-6-8-16/h4-10,14H,3,11-13H2,1-2H3. The Bertz CT molecular complexity index is 522. The highest BCUT2D eigenvalue weighted by Crippen LogP contribution is 2.27. The maximum absolute atomic E-state index is 5.87. The first-order chi connectivity index (χ1) is 9.79. The van der Waals surface area contributed by atoms with Gasteiger partial charge in [0.2, 0.25) is 0 Å². The smallest absolute Gasteiger partial charge is 0.120 e. The summed E-state index contributed by atoms with van der Waals surface area (Å²) in [6.07, 6.45) is 2.15. The summed E-state index contributed by atoms with van der Waals surface area (Å²) in [6, 6.07) is 16.8. The summed E-state index contributed by atoms with van der Waals surface area (Å²) in [5.74, 6) is 2.14. The summed E-state index contributed by atoms with van der Waals surface area (Å²) in [5, 5.41) is 0. The van der Waals surface area contributed by atoms with Gasteiger partial charge in [-0.3, -0.25) is 0 Å². The molecule has 0 aliphatic rings. The maximum atomic E-state index is 5.87. The maximum Gasteiger partial charge on any atom is 0.120 e. The Labute approximate surface area is 126 Å². The Balaban J connectivity index is 1.89. The van der Waals surface area contributed by atoms with E-state index in [-0.39, 0.29) is 0 Å². The van der Waals surface area contributed by atoms with E-state index < -0.39 is 0 Å². The summed E-state index contributed by atoms with van der Waals surface area (Å²) in [5.41, 5.74) is 2.65. The number of ether oxygens (including phenoxy) is 1. The fourth-order valence-corrected chi connectivity index (χ4v) is 2.89. The van der Waals surface area contributed by atoms with Crippen molar-refractivity contribution < 1.29 is 4.74 Å². The highest BCUT2D eigenvalue weighted by molar-refractivity contribution is 7.99. The van der Waals surface area contributed by atoms with Crippen molar-refractivity contribution in [2.75, 3.05) is 12.4 Å². The third kappa shape index (κ3) is 4.61. The van der Waals surface area contributed by atoms with Gasteiger partial charge in [0.15, 0.2) is 0 Å². The van der Waals surface area contributed by atoms with Crippen LogP contribution in [-0.4, -0.2) is 12.4 Å². The predicted octanol–water partition coefficient (Wildman–Crippen LogP) is 5.12. The molecule has 0 saturated carbocycles. The van der Waals surface area contributed by atoms with Gasteiger partial charge in [-0.15, -0.1) is 11.8 Å². The van der Waals surface area contributed by atoms with Crippen LogP contribution < -0.4 is 4.74 Å². The zero-order valence-corrected chi connectivity index (χ0v) is 13.1. The number of benzene rings is 2. The van der Waals surface area contributed by atoms with Crippen molar-refractivity contribution in [1.29, 1.82) is 0 Å². The molecule has 0 radical (unpaired) electrons. The molecule has 0 unspecified atom stereocenters. The summed E-state index contributed by atoms with van der Waals surface area (Å²) in [6.45, 7) is 5.10. The largest absolute Gasteiger partial charge is 0.493 e. The van der Waals surface area contributed by atoms with Gasteiger partial charge in [-0.1, -0.05) is 43.3 Å². The molecule has 0 aliphatic carbocycles. The van der Waals surface area contributed by atoms with Crippen LogP contribution in [0, 0.1) is 6.92 Å². The van der Waals surface area contributed by atoms with Crippen molar-refractivity contribution in [1.82, 2.24) is 0 Å². The molecule has 0 bridgehead atoms. The van der Waals surface area contributed by atoms with E-state index in [9.17, 15) is 0 Å². The zero-order chi connectivity index (χ0) is 14.2. The number of hydrogen-bond donors (Lipinski definition) is 0. The Kier molecular flexibility index (Phi) is 6.00. The quantitative estimate of drug-likeness (QED) is 0.653. The van der Waals surface area contributed by atoms with Gasteiger partial charge >= 0.3 is 0 Å². The number of aryl methyl sites for hydroxylation is 1. The Hall–Kier alpha value is -1.41. The minimum absolute atomic E-state index is 0.727. The molecule has 0 spiro atoms. The van der Waals surface area contributed by atoms with Crippen molar-refractivity contribution in [2.24, 2.45) is 0 Å². The Morgan fingerprint density at radius 1 is 1.05 bits per heavy atom. The predicted molar refractivity (Wildman–Crippen MR) is 87.8 cm³/mol. The van der Waals surface area contributed by atoms with E-state index in [0.717, 1.165) is 24.5 Å². The van der Waals surface area contributed by atoms with Crippen molar-refractivity contribution >= 4 is 11.8 Å². The molecule has 0 heterocycles. The van der Waals surface area contributed by atoms with E-state index in [1.807, 2.05) is 17.8 Å². The highest BCUT2D eigenvalue weighted by atomic mass is 32.2. The van der Waals surface area contributed by atoms with Crippen LogP contribution >= 0.6 is 11.8 Å². The lowest BCUT2D eigenvalue weighted by atomic mass is 10.2. The topological polar surface area (TPSA) is 9.23 Å². The van der Waals surface area contributed by atoms with Crippen LogP contribution in [0.1, 0.15) is 24.5 Å². The average Bonchev–Trinajstić information content (AvgIpc) is 2.49. The molecule has 0 aliphatic heterocycles. The molecule has 2 rings (SSSR count). The molecule has 1 nitrogen and oxygen atoms in total. The molecule has 0 aromatic heterocycles. The highest BCUT2D eigenvalue weighted by Gasteiger charge is 2.02. The van der Waals surface area contributed by atoms with E-state index in [2.05, 4.69) is 56.3 Å². The van der Waals surface area contributed by atoms with Gasteiger partial charge in [0, 0.05) is 11.3 Å². The fourth-order valence-electron chi connectivity index (χ4n) is 1.97. The van der Waals surface area contributed by atoms with Crippen molar-refractivity contribution in [2.45, 2.75) is 31.6 Å². The van der Waals surface area contributed by atoms with Crippen LogP contribution in [0.15, 0.2) is 53.4 Å². The normalized spacial score (nSPS) is 10.5. The van der Waals surface area contributed by atoms with E-state index in [0.29, 0.717) is 0 Å². The van der Waals surface area contributed by atoms with Crippen molar-refractivity contribution in [3.8, 4) is 5.75 Å². The molecule has 2 heteroatoms. The van der Waals surface area contributed by atoms with Crippen LogP contribution in [-0.2, 0) is 6.42 Å². The van der Waals surface area contributed by atoms with Gasteiger partial charge in [-0.2, -0.15) is 0 Å². The second-order valence-corrected chi connectivity index (χ2v) is 6.00. The van der Waals surface area contributed by atoms with Crippen molar-refractivity contribution in [3.05, 3.63) is 59.7 Å². The first kappa shape index (κ1) is 15.0. The minimum atomic E-state index is 0.727. The third-order valence-corrected chi connectivity index (χ3v) is 4.49. The summed E-state index contributed by atoms with van der Waals surface area (Å²) in [7, 11) is 0. The average molecular weight is 286 g/mol. The van der Waals surface area contributed by atoms with E-state index in [4.69, 9.17) is 4.74 Å². The molecule has 0 fully saturated rings. The Morgan fingerprint density at radius 2 is 1.85 bits per heavy atom. The van der Waals surface area contributed by atoms with E-state index in [1.54, 1.807) is 0 Å². The number of thioether (sulfide) groups is 1. The van der Waals surface area contributed by atoms with Gasteiger partial charge in [0.05, 0.1) is 6.61 Å². The molecule has 20 heavy (non-hydrogen) atoms. The third-order valence-electron chi connectivity index (χ3n) is 3.12. The molecule has 106 valence electrons. The summed E-state index contributed by atoms with van der Waals surface area (Å²) in [4.78, 5) is 1.34. The van der Waals surface area contributed by atoms with Gasteiger partial charge in [-0.25, -0.2) is 0 Å². The van der Waals surface area contributed by atoms with Crippen LogP contribution in [0.5, 0.6) is 5.75 Å². The first-order valence-corrected chi connectivity index (χ1v) is 8.18.